The zero-order valence-electron chi connectivity index (χ0n) is 22.1. The van der Waals surface area contributed by atoms with Crippen molar-refractivity contribution >= 4 is 10.9 Å². The first-order chi connectivity index (χ1) is 17.9. The molecule has 1 fully saturated rings. The van der Waals surface area contributed by atoms with Crippen LogP contribution in [0.1, 0.15) is 60.8 Å². The number of fused-ring (bicyclic) bond motifs is 1. The van der Waals surface area contributed by atoms with Gasteiger partial charge in [0.25, 0.3) is 5.56 Å². The van der Waals surface area contributed by atoms with Crippen molar-refractivity contribution in [1.29, 1.82) is 0 Å². The van der Waals surface area contributed by atoms with Crippen molar-refractivity contribution in [2.45, 2.75) is 72.3 Å². The normalized spacial score (nSPS) is 16.8. The lowest BCUT2D eigenvalue weighted by atomic mass is 9.99. The first kappa shape index (κ1) is 25.3. The molecule has 0 spiro atoms. The molecule has 2 atom stereocenters. The predicted molar refractivity (Wildman–Crippen MR) is 144 cm³/mol. The summed E-state index contributed by atoms with van der Waals surface area (Å²) in [4.78, 5) is 18.7. The third-order valence-corrected chi connectivity index (χ3v) is 7.39. The molecule has 8 heteroatoms. The lowest BCUT2D eigenvalue weighted by molar-refractivity contribution is 0.0851. The molecule has 8 nitrogen and oxygen atoms in total. The summed E-state index contributed by atoms with van der Waals surface area (Å²) in [7, 11) is 0. The molecule has 1 aliphatic rings. The molecular formula is C29H36N6O2. The van der Waals surface area contributed by atoms with Crippen LogP contribution in [0.2, 0.25) is 0 Å². The molecule has 194 valence electrons. The van der Waals surface area contributed by atoms with Crippen LogP contribution in [0.25, 0.3) is 10.9 Å². The number of aryl methyl sites for hydroxylation is 2. The Morgan fingerprint density at radius 1 is 1.11 bits per heavy atom. The Balaban J connectivity index is 1.53. The van der Waals surface area contributed by atoms with Gasteiger partial charge < -0.3 is 9.72 Å². The largest absolute Gasteiger partial charge is 0.376 e. The summed E-state index contributed by atoms with van der Waals surface area (Å²) in [6.45, 7) is 11.1. The van der Waals surface area contributed by atoms with Crippen LogP contribution in [0.4, 0.5) is 0 Å². The van der Waals surface area contributed by atoms with Crippen LogP contribution in [0.5, 0.6) is 0 Å². The van der Waals surface area contributed by atoms with Crippen LogP contribution in [0.15, 0.2) is 53.3 Å². The van der Waals surface area contributed by atoms with Crippen molar-refractivity contribution in [3.63, 3.8) is 0 Å². The third kappa shape index (κ3) is 5.65. The van der Waals surface area contributed by atoms with E-state index in [1.165, 1.54) is 16.7 Å². The van der Waals surface area contributed by atoms with Gasteiger partial charge in [0.15, 0.2) is 5.82 Å². The number of nitrogens with zero attached hydrogens (tertiary/aromatic N) is 5. The summed E-state index contributed by atoms with van der Waals surface area (Å²) in [6, 6.07) is 16.5. The number of hydrogen-bond donors (Lipinski definition) is 1. The fourth-order valence-electron chi connectivity index (χ4n) is 5.35. The zero-order chi connectivity index (χ0) is 25.9. The lowest BCUT2D eigenvalue weighted by Gasteiger charge is -2.33. The number of benzene rings is 2. The first-order valence-corrected chi connectivity index (χ1v) is 13.2. The van der Waals surface area contributed by atoms with Crippen LogP contribution >= 0.6 is 0 Å². The van der Waals surface area contributed by atoms with Crippen molar-refractivity contribution in [3.05, 3.63) is 87.0 Å². The molecule has 0 radical (unpaired) electrons. The summed E-state index contributed by atoms with van der Waals surface area (Å²) >= 11 is 0. The molecule has 2 aromatic carbocycles. The molecule has 1 N–H and O–H groups in total. The molecule has 4 aromatic rings. The van der Waals surface area contributed by atoms with Gasteiger partial charge in [-0.1, -0.05) is 44.2 Å². The number of pyridine rings is 1. The highest BCUT2D eigenvalue weighted by Gasteiger charge is 2.31. The maximum Gasteiger partial charge on any atom is 0.252 e. The smallest absolute Gasteiger partial charge is 0.252 e. The number of nitrogens with one attached hydrogen (secondary N) is 1. The Kier molecular flexibility index (Phi) is 7.48. The first-order valence-electron chi connectivity index (χ1n) is 13.2. The molecular weight excluding hydrogens is 464 g/mol. The average Bonchev–Trinajstić information content (AvgIpc) is 3.54. The molecule has 0 bridgehead atoms. The van der Waals surface area contributed by atoms with Gasteiger partial charge in [0.2, 0.25) is 0 Å². The van der Waals surface area contributed by atoms with Crippen LogP contribution < -0.4 is 5.56 Å². The molecule has 3 heterocycles. The predicted octanol–water partition coefficient (Wildman–Crippen LogP) is 4.71. The molecule has 0 aliphatic carbocycles. The summed E-state index contributed by atoms with van der Waals surface area (Å²) in [5.41, 5.74) is 5.09. The summed E-state index contributed by atoms with van der Waals surface area (Å²) < 4.78 is 7.77. The van der Waals surface area contributed by atoms with Crippen LogP contribution in [0.3, 0.4) is 0 Å². The fraction of sp³-hybridized carbons (Fsp3) is 0.448. The summed E-state index contributed by atoms with van der Waals surface area (Å²) in [5.74, 6) is 1.02. The Morgan fingerprint density at radius 2 is 1.89 bits per heavy atom. The van der Waals surface area contributed by atoms with E-state index in [2.05, 4.69) is 71.3 Å². The van der Waals surface area contributed by atoms with Gasteiger partial charge in [0, 0.05) is 30.8 Å². The van der Waals surface area contributed by atoms with Crippen molar-refractivity contribution in [2.24, 2.45) is 5.92 Å². The van der Waals surface area contributed by atoms with Gasteiger partial charge in [-0.15, -0.1) is 5.10 Å². The van der Waals surface area contributed by atoms with Gasteiger partial charge in [0.05, 0.1) is 18.7 Å². The van der Waals surface area contributed by atoms with E-state index in [1.807, 2.05) is 35.0 Å². The molecule has 1 aliphatic heterocycles. The second-order valence-corrected chi connectivity index (χ2v) is 10.6. The minimum atomic E-state index is -0.0912. The molecule has 37 heavy (non-hydrogen) atoms. The van der Waals surface area contributed by atoms with E-state index in [0.717, 1.165) is 41.7 Å². The molecule has 1 saturated heterocycles. The second-order valence-electron chi connectivity index (χ2n) is 10.6. The number of H-pyrrole nitrogens is 1. The Labute approximate surface area is 217 Å². The average molecular weight is 501 g/mol. The van der Waals surface area contributed by atoms with Crippen LogP contribution in [-0.4, -0.2) is 42.8 Å². The molecule has 5 rings (SSSR count). The fourth-order valence-corrected chi connectivity index (χ4v) is 5.35. The summed E-state index contributed by atoms with van der Waals surface area (Å²) in [5, 5.41) is 13.9. The van der Waals surface area contributed by atoms with E-state index < -0.39 is 0 Å². The lowest BCUT2D eigenvalue weighted by Crippen LogP contribution is -2.36. The van der Waals surface area contributed by atoms with Crippen molar-refractivity contribution in [3.8, 4) is 0 Å². The van der Waals surface area contributed by atoms with Crippen molar-refractivity contribution in [1.82, 2.24) is 30.1 Å². The topological polar surface area (TPSA) is 88.9 Å². The van der Waals surface area contributed by atoms with Gasteiger partial charge in [-0.05, 0) is 83.3 Å². The third-order valence-electron chi connectivity index (χ3n) is 7.39. The quantitative estimate of drug-likeness (QED) is 0.358. The minimum Gasteiger partial charge on any atom is -0.376 e. The van der Waals surface area contributed by atoms with E-state index in [-0.39, 0.29) is 23.6 Å². The van der Waals surface area contributed by atoms with E-state index in [0.29, 0.717) is 19.6 Å². The molecule has 0 unspecified atom stereocenters. The minimum absolute atomic E-state index is 0.0599. The van der Waals surface area contributed by atoms with Gasteiger partial charge in [-0.2, -0.15) is 0 Å². The van der Waals surface area contributed by atoms with Gasteiger partial charge in [-0.25, -0.2) is 4.68 Å². The monoisotopic (exact) mass is 500 g/mol. The molecule has 0 saturated carbocycles. The Hall–Kier alpha value is -3.36. The van der Waals surface area contributed by atoms with Crippen molar-refractivity contribution < 1.29 is 4.74 Å². The van der Waals surface area contributed by atoms with E-state index in [9.17, 15) is 4.79 Å². The SMILES string of the molecule is Cc1cc2cc(CN(Cc3ccccc3)[C@H](c3nnnn3C[C@H]3CCCO3)C(C)C)c(=O)[nH]c2cc1C. The molecule has 2 aromatic heterocycles. The Morgan fingerprint density at radius 3 is 2.62 bits per heavy atom. The number of rotatable bonds is 9. The summed E-state index contributed by atoms with van der Waals surface area (Å²) in [6.07, 6.45) is 2.22. The van der Waals surface area contributed by atoms with Crippen LogP contribution in [-0.2, 0) is 24.4 Å². The number of aromatic amines is 1. The zero-order valence-corrected chi connectivity index (χ0v) is 22.1. The number of aromatic nitrogens is 5. The highest BCUT2D eigenvalue weighted by Crippen LogP contribution is 2.31. The van der Waals surface area contributed by atoms with Gasteiger partial charge in [0.1, 0.15) is 0 Å². The van der Waals surface area contributed by atoms with Gasteiger partial charge in [-0.3, -0.25) is 9.69 Å². The highest BCUT2D eigenvalue weighted by molar-refractivity contribution is 5.80. The van der Waals surface area contributed by atoms with E-state index in [4.69, 9.17) is 4.74 Å². The second kappa shape index (κ2) is 10.9. The number of hydrogen-bond acceptors (Lipinski definition) is 6. The Bertz CT molecular complexity index is 1410. The maximum absolute atomic E-state index is 13.2. The van der Waals surface area contributed by atoms with Crippen LogP contribution in [0, 0.1) is 19.8 Å². The standard InChI is InChI=1S/C29H36N6O2/c1-19(2)27(28-31-32-33-35(28)18-25-11-8-12-37-25)34(16-22-9-6-5-7-10-22)17-24-15-23-13-20(3)21(4)14-26(23)30-29(24)36/h5-7,9-10,13-15,19,25,27H,8,11-12,16-18H2,1-4H3,(H,30,36)/t25-,27+/m1/s1. The number of ether oxygens (including phenoxy) is 1. The highest BCUT2D eigenvalue weighted by atomic mass is 16.5. The van der Waals surface area contributed by atoms with E-state index in [1.54, 1.807) is 0 Å². The molecule has 0 amide bonds. The van der Waals surface area contributed by atoms with E-state index >= 15 is 0 Å². The van der Waals surface area contributed by atoms with Crippen molar-refractivity contribution in [2.75, 3.05) is 6.61 Å². The number of tetrazole rings is 1. The maximum atomic E-state index is 13.2. The van der Waals surface area contributed by atoms with Gasteiger partial charge >= 0.3 is 0 Å².